The lowest BCUT2D eigenvalue weighted by molar-refractivity contribution is 0.0229. The molecule has 0 spiro atoms. The van der Waals surface area contributed by atoms with E-state index in [2.05, 4.69) is 47.6 Å². The van der Waals surface area contributed by atoms with Crippen molar-refractivity contribution in [3.05, 3.63) is 41.7 Å². The molecule has 7 nitrogen and oxygen atoms in total. The lowest BCUT2D eigenvalue weighted by Crippen LogP contribution is -2.22. The molecule has 0 aliphatic carbocycles. The summed E-state index contributed by atoms with van der Waals surface area (Å²) in [5.41, 5.74) is 14.5. The Morgan fingerprint density at radius 1 is 1.21 bits per heavy atom. The van der Waals surface area contributed by atoms with Crippen molar-refractivity contribution < 1.29 is 9.47 Å². The first-order valence-corrected chi connectivity index (χ1v) is 13.1. The molecule has 8 heteroatoms. The van der Waals surface area contributed by atoms with Crippen LogP contribution in [0.5, 0.6) is 5.75 Å². The molecule has 150 valence electrons. The van der Waals surface area contributed by atoms with Gasteiger partial charge >= 0.3 is 0 Å². The quantitative estimate of drug-likeness (QED) is 0.300. The predicted octanol–water partition coefficient (Wildman–Crippen LogP) is 3.97. The minimum absolute atomic E-state index is 0.0107. The molecule has 28 heavy (non-hydrogen) atoms. The minimum atomic E-state index is -1.11. The Morgan fingerprint density at radius 3 is 2.71 bits per heavy atom. The highest BCUT2D eigenvalue weighted by Crippen LogP contribution is 2.34. The van der Waals surface area contributed by atoms with Crippen LogP contribution in [-0.4, -0.2) is 36.4 Å². The molecule has 2 heterocycles. The largest absolute Gasteiger partial charge is 0.467 e. The third-order valence-electron chi connectivity index (χ3n) is 4.78. The van der Waals surface area contributed by atoms with Gasteiger partial charge in [0.1, 0.15) is 11.6 Å². The fourth-order valence-corrected chi connectivity index (χ4v) is 3.75. The molecule has 0 amide bonds. The normalized spacial score (nSPS) is 13.0. The number of benzene rings is 1. The van der Waals surface area contributed by atoms with Crippen LogP contribution in [0.1, 0.15) is 24.0 Å². The molecule has 0 aliphatic heterocycles. The Hall–Kier alpha value is -2.58. The SMILES string of the molecule is CC(c1cc(OCOCC[Si](C)(C)C)c2cc[nH]c2c1)c1cnc(N)nc1N. The van der Waals surface area contributed by atoms with Crippen LogP contribution in [0.15, 0.2) is 30.6 Å². The molecule has 5 N–H and O–H groups in total. The van der Waals surface area contributed by atoms with Gasteiger partial charge in [-0.25, -0.2) is 4.98 Å². The van der Waals surface area contributed by atoms with Gasteiger partial charge in [0, 0.05) is 49.5 Å². The van der Waals surface area contributed by atoms with Gasteiger partial charge in [0.25, 0.3) is 0 Å². The Labute approximate surface area is 166 Å². The number of hydrogen-bond acceptors (Lipinski definition) is 6. The number of anilines is 2. The van der Waals surface area contributed by atoms with Gasteiger partial charge < -0.3 is 25.9 Å². The zero-order chi connectivity index (χ0) is 20.3. The lowest BCUT2D eigenvalue weighted by Gasteiger charge is -2.17. The number of H-pyrrole nitrogens is 1. The zero-order valence-corrected chi connectivity index (χ0v) is 18.0. The molecule has 0 bridgehead atoms. The highest BCUT2D eigenvalue weighted by atomic mass is 28.3. The van der Waals surface area contributed by atoms with E-state index in [1.54, 1.807) is 6.20 Å². The van der Waals surface area contributed by atoms with E-state index in [9.17, 15) is 0 Å². The van der Waals surface area contributed by atoms with E-state index in [0.717, 1.165) is 40.4 Å². The summed E-state index contributed by atoms with van der Waals surface area (Å²) >= 11 is 0. The highest BCUT2D eigenvalue weighted by molar-refractivity contribution is 6.76. The molecule has 1 unspecified atom stereocenters. The number of ether oxygens (including phenoxy) is 2. The Balaban J connectivity index is 1.79. The van der Waals surface area contributed by atoms with Crippen molar-refractivity contribution >= 4 is 30.7 Å². The molecule has 1 aromatic carbocycles. The second kappa shape index (κ2) is 8.20. The molecular formula is C20H29N5O2Si. The number of nitrogens with zero attached hydrogens (tertiary/aromatic N) is 2. The van der Waals surface area contributed by atoms with Gasteiger partial charge in [-0.1, -0.05) is 26.6 Å². The predicted molar refractivity (Wildman–Crippen MR) is 116 cm³/mol. The molecule has 0 saturated heterocycles. The molecule has 2 aromatic heterocycles. The number of rotatable bonds is 8. The number of fused-ring (bicyclic) bond motifs is 1. The van der Waals surface area contributed by atoms with E-state index in [1.807, 2.05) is 18.3 Å². The summed E-state index contributed by atoms with van der Waals surface area (Å²) in [6.45, 7) is 10.0. The number of aromatic nitrogens is 3. The first-order valence-electron chi connectivity index (χ1n) is 9.44. The van der Waals surface area contributed by atoms with E-state index in [0.29, 0.717) is 5.82 Å². The Morgan fingerprint density at radius 2 is 2.00 bits per heavy atom. The van der Waals surface area contributed by atoms with Crippen LogP contribution in [0.3, 0.4) is 0 Å². The van der Waals surface area contributed by atoms with Crippen molar-refractivity contribution in [2.45, 2.75) is 38.5 Å². The topological polar surface area (TPSA) is 112 Å². The zero-order valence-electron chi connectivity index (χ0n) is 17.0. The molecule has 0 fully saturated rings. The third-order valence-corrected chi connectivity index (χ3v) is 6.48. The highest BCUT2D eigenvalue weighted by Gasteiger charge is 2.17. The smallest absolute Gasteiger partial charge is 0.221 e. The first kappa shape index (κ1) is 20.2. The second-order valence-electron chi connectivity index (χ2n) is 8.23. The summed E-state index contributed by atoms with van der Waals surface area (Å²) in [5.74, 6) is 1.34. The summed E-state index contributed by atoms with van der Waals surface area (Å²) in [6, 6.07) is 7.23. The van der Waals surface area contributed by atoms with Gasteiger partial charge in [0.05, 0.1) is 0 Å². The van der Waals surface area contributed by atoms with Crippen molar-refractivity contribution in [1.29, 1.82) is 0 Å². The Bertz CT molecular complexity index is 951. The van der Waals surface area contributed by atoms with E-state index >= 15 is 0 Å². The second-order valence-corrected chi connectivity index (χ2v) is 13.9. The minimum Gasteiger partial charge on any atom is -0.467 e. The van der Waals surface area contributed by atoms with E-state index in [4.69, 9.17) is 20.9 Å². The van der Waals surface area contributed by atoms with Crippen molar-refractivity contribution in [3.8, 4) is 5.75 Å². The summed E-state index contributed by atoms with van der Waals surface area (Å²) in [5, 5.41) is 1.02. The van der Waals surface area contributed by atoms with Crippen molar-refractivity contribution in [2.24, 2.45) is 0 Å². The van der Waals surface area contributed by atoms with Crippen molar-refractivity contribution in [2.75, 3.05) is 24.9 Å². The van der Waals surface area contributed by atoms with Gasteiger partial charge in [0.2, 0.25) is 5.95 Å². The van der Waals surface area contributed by atoms with Crippen LogP contribution in [0, 0.1) is 0 Å². The van der Waals surface area contributed by atoms with Crippen LogP contribution in [0.2, 0.25) is 25.7 Å². The fraction of sp³-hybridized carbons (Fsp3) is 0.400. The summed E-state index contributed by atoms with van der Waals surface area (Å²) < 4.78 is 11.7. The average molecular weight is 400 g/mol. The maximum Gasteiger partial charge on any atom is 0.221 e. The van der Waals surface area contributed by atoms with Crippen molar-refractivity contribution in [1.82, 2.24) is 15.0 Å². The third kappa shape index (κ3) is 4.82. The summed E-state index contributed by atoms with van der Waals surface area (Å²) in [6.07, 6.45) is 3.58. The van der Waals surface area contributed by atoms with Gasteiger partial charge in [-0.2, -0.15) is 4.98 Å². The van der Waals surface area contributed by atoms with Crippen LogP contribution in [0.4, 0.5) is 11.8 Å². The van der Waals surface area contributed by atoms with Crippen LogP contribution in [-0.2, 0) is 4.74 Å². The van der Waals surface area contributed by atoms with Crippen molar-refractivity contribution in [3.63, 3.8) is 0 Å². The summed E-state index contributed by atoms with van der Waals surface area (Å²) in [7, 11) is -1.11. The first-order chi connectivity index (χ1) is 13.2. The fourth-order valence-electron chi connectivity index (χ4n) is 3.00. The van der Waals surface area contributed by atoms with E-state index < -0.39 is 8.07 Å². The van der Waals surface area contributed by atoms with E-state index in [-0.39, 0.29) is 18.7 Å². The molecule has 3 aromatic rings. The standard InChI is InChI=1S/C20H29N5O2Si/c1-13(16-11-24-20(22)25-19(16)21)14-9-17-15(5-6-23-17)18(10-14)27-12-26-7-8-28(2,3)4/h5-6,9-11,13,23H,7-8,12H2,1-4H3,(H4,21,22,24,25). The maximum absolute atomic E-state index is 6.05. The van der Waals surface area contributed by atoms with Crippen LogP contribution < -0.4 is 16.2 Å². The lowest BCUT2D eigenvalue weighted by atomic mass is 9.93. The average Bonchev–Trinajstić information content (AvgIpc) is 3.08. The molecular weight excluding hydrogens is 370 g/mol. The van der Waals surface area contributed by atoms with Gasteiger partial charge in [-0.15, -0.1) is 0 Å². The number of hydrogen-bond donors (Lipinski definition) is 3. The van der Waals surface area contributed by atoms with Gasteiger partial charge in [0.15, 0.2) is 6.79 Å². The summed E-state index contributed by atoms with van der Waals surface area (Å²) in [4.78, 5) is 11.4. The van der Waals surface area contributed by atoms with Crippen LogP contribution >= 0.6 is 0 Å². The molecule has 0 radical (unpaired) electrons. The number of nitrogens with one attached hydrogen (secondary N) is 1. The monoisotopic (exact) mass is 399 g/mol. The molecule has 0 aliphatic rings. The van der Waals surface area contributed by atoms with Gasteiger partial charge in [-0.3, -0.25) is 0 Å². The number of nitrogen functional groups attached to an aromatic ring is 2. The molecule has 3 rings (SSSR count). The number of aromatic amines is 1. The Kier molecular flexibility index (Phi) is 5.90. The maximum atomic E-state index is 6.05. The molecule has 1 atom stereocenters. The molecule has 0 saturated carbocycles. The van der Waals surface area contributed by atoms with Crippen LogP contribution in [0.25, 0.3) is 10.9 Å². The number of nitrogens with two attached hydrogens (primary N) is 2. The van der Waals surface area contributed by atoms with Gasteiger partial charge in [-0.05, 0) is 29.8 Å². The van der Waals surface area contributed by atoms with E-state index in [1.165, 1.54) is 0 Å².